The molecule has 2 aromatic carbocycles. The molecule has 0 unspecified atom stereocenters. The minimum absolute atomic E-state index is 0.119. The zero-order valence-corrected chi connectivity index (χ0v) is 12.4. The van der Waals surface area contributed by atoms with Crippen molar-refractivity contribution < 1.29 is 13.5 Å². The lowest BCUT2D eigenvalue weighted by Crippen LogP contribution is -2.35. The van der Waals surface area contributed by atoms with Crippen molar-refractivity contribution in [2.24, 2.45) is 0 Å². The Bertz CT molecular complexity index is 583. The second-order valence-electron chi connectivity index (χ2n) is 5.91. The first-order valence-electron chi connectivity index (χ1n) is 6.81. The maximum absolute atomic E-state index is 14.0. The van der Waals surface area contributed by atoms with Crippen LogP contribution in [0.1, 0.15) is 26.3 Å². The summed E-state index contributed by atoms with van der Waals surface area (Å²) >= 11 is 0. The molecular weight excluding hydrogens is 272 g/mol. The van der Waals surface area contributed by atoms with Crippen molar-refractivity contribution in [3.63, 3.8) is 0 Å². The van der Waals surface area contributed by atoms with Crippen LogP contribution in [0.3, 0.4) is 0 Å². The SMILES string of the molecule is CC(C)(C)NCc1cc(F)c(Oc2ccccc2)c(F)c1. The summed E-state index contributed by atoms with van der Waals surface area (Å²) < 4.78 is 33.3. The predicted molar refractivity (Wildman–Crippen MR) is 79.5 cm³/mol. The second-order valence-corrected chi connectivity index (χ2v) is 5.91. The summed E-state index contributed by atoms with van der Waals surface area (Å²) in [6, 6.07) is 11.2. The van der Waals surface area contributed by atoms with Crippen molar-refractivity contribution in [2.75, 3.05) is 0 Å². The number of nitrogens with one attached hydrogen (secondary N) is 1. The van der Waals surface area contributed by atoms with Crippen molar-refractivity contribution in [3.05, 3.63) is 59.7 Å². The molecule has 2 nitrogen and oxygen atoms in total. The van der Waals surface area contributed by atoms with Gasteiger partial charge in [-0.2, -0.15) is 0 Å². The average molecular weight is 291 g/mol. The van der Waals surface area contributed by atoms with Crippen molar-refractivity contribution in [2.45, 2.75) is 32.9 Å². The highest BCUT2D eigenvalue weighted by Gasteiger charge is 2.15. The molecule has 0 bridgehead atoms. The third kappa shape index (κ3) is 4.53. The summed E-state index contributed by atoms with van der Waals surface area (Å²) in [5, 5.41) is 3.19. The minimum Gasteiger partial charge on any atom is -0.451 e. The first-order valence-corrected chi connectivity index (χ1v) is 6.81. The molecule has 0 saturated heterocycles. The van der Waals surface area contributed by atoms with E-state index in [-0.39, 0.29) is 11.3 Å². The lowest BCUT2D eigenvalue weighted by Gasteiger charge is -2.20. The van der Waals surface area contributed by atoms with Gasteiger partial charge in [-0.05, 0) is 50.6 Å². The summed E-state index contributed by atoms with van der Waals surface area (Å²) in [6.07, 6.45) is 0. The monoisotopic (exact) mass is 291 g/mol. The highest BCUT2D eigenvalue weighted by Crippen LogP contribution is 2.28. The molecule has 0 fully saturated rings. The van der Waals surface area contributed by atoms with Gasteiger partial charge in [-0.15, -0.1) is 0 Å². The zero-order chi connectivity index (χ0) is 15.5. The number of benzene rings is 2. The summed E-state index contributed by atoms with van der Waals surface area (Å²) in [5.74, 6) is -1.38. The van der Waals surface area contributed by atoms with Gasteiger partial charge in [0.15, 0.2) is 17.4 Å². The molecule has 0 atom stereocenters. The van der Waals surface area contributed by atoms with Crippen LogP contribution in [0.4, 0.5) is 8.78 Å². The summed E-state index contributed by atoms with van der Waals surface area (Å²) in [6.45, 7) is 6.37. The Morgan fingerprint density at radius 1 is 1.00 bits per heavy atom. The van der Waals surface area contributed by atoms with Crippen LogP contribution in [0.15, 0.2) is 42.5 Å². The van der Waals surface area contributed by atoms with Crippen LogP contribution in [0.5, 0.6) is 11.5 Å². The zero-order valence-electron chi connectivity index (χ0n) is 12.4. The molecule has 1 N–H and O–H groups in total. The van der Waals surface area contributed by atoms with Gasteiger partial charge in [0.2, 0.25) is 0 Å². The van der Waals surface area contributed by atoms with Crippen molar-refractivity contribution in [1.82, 2.24) is 5.32 Å². The van der Waals surface area contributed by atoms with Crippen molar-refractivity contribution in [3.8, 4) is 11.5 Å². The van der Waals surface area contributed by atoms with Gasteiger partial charge >= 0.3 is 0 Å². The quantitative estimate of drug-likeness (QED) is 0.885. The molecule has 0 aliphatic rings. The Labute approximate surface area is 123 Å². The number of ether oxygens (including phenoxy) is 1. The van der Waals surface area contributed by atoms with Gasteiger partial charge in [0.25, 0.3) is 0 Å². The van der Waals surface area contributed by atoms with E-state index in [2.05, 4.69) is 5.32 Å². The molecule has 0 aliphatic heterocycles. The van der Waals surface area contributed by atoms with E-state index in [1.807, 2.05) is 20.8 Å². The molecule has 0 spiro atoms. The fourth-order valence-corrected chi connectivity index (χ4v) is 1.79. The highest BCUT2D eigenvalue weighted by molar-refractivity contribution is 5.35. The molecule has 0 amide bonds. The molecule has 112 valence electrons. The van der Waals surface area contributed by atoms with Crippen molar-refractivity contribution in [1.29, 1.82) is 0 Å². The van der Waals surface area contributed by atoms with E-state index in [4.69, 9.17) is 4.74 Å². The molecule has 0 saturated carbocycles. The topological polar surface area (TPSA) is 21.3 Å². The fourth-order valence-electron chi connectivity index (χ4n) is 1.79. The van der Waals surface area contributed by atoms with E-state index in [0.717, 1.165) is 0 Å². The first kappa shape index (κ1) is 15.4. The molecule has 21 heavy (non-hydrogen) atoms. The number of hydrogen-bond acceptors (Lipinski definition) is 2. The van der Waals surface area contributed by atoms with E-state index in [0.29, 0.717) is 17.9 Å². The van der Waals surface area contributed by atoms with E-state index < -0.39 is 11.6 Å². The fraction of sp³-hybridized carbons (Fsp3) is 0.294. The van der Waals surface area contributed by atoms with Crippen LogP contribution in [0.2, 0.25) is 0 Å². The average Bonchev–Trinajstić information content (AvgIpc) is 2.41. The molecule has 0 radical (unpaired) electrons. The number of rotatable bonds is 4. The Kier molecular flexibility index (Phi) is 4.58. The van der Waals surface area contributed by atoms with E-state index >= 15 is 0 Å². The summed E-state index contributed by atoms with van der Waals surface area (Å²) in [5.41, 5.74) is 0.423. The molecule has 0 aliphatic carbocycles. The third-order valence-electron chi connectivity index (χ3n) is 2.84. The Balaban J connectivity index is 2.17. The minimum atomic E-state index is -0.704. The van der Waals surface area contributed by atoms with Gasteiger partial charge in [-0.25, -0.2) is 8.78 Å². The molecular formula is C17H19F2NO. The highest BCUT2D eigenvalue weighted by atomic mass is 19.1. The van der Waals surface area contributed by atoms with Gasteiger partial charge in [-0.3, -0.25) is 0 Å². The molecule has 0 heterocycles. The maximum Gasteiger partial charge on any atom is 0.198 e. The van der Waals surface area contributed by atoms with Crippen LogP contribution in [-0.2, 0) is 6.54 Å². The first-order chi connectivity index (χ1) is 9.85. The van der Waals surface area contributed by atoms with Crippen LogP contribution in [-0.4, -0.2) is 5.54 Å². The smallest absolute Gasteiger partial charge is 0.198 e. The second kappa shape index (κ2) is 6.22. The van der Waals surface area contributed by atoms with Gasteiger partial charge in [-0.1, -0.05) is 18.2 Å². The third-order valence-corrected chi connectivity index (χ3v) is 2.84. The Morgan fingerprint density at radius 3 is 2.10 bits per heavy atom. The predicted octanol–water partition coefficient (Wildman–Crippen LogP) is 4.65. The van der Waals surface area contributed by atoms with Crippen LogP contribution < -0.4 is 10.1 Å². The van der Waals surface area contributed by atoms with E-state index in [1.54, 1.807) is 30.3 Å². The standard InChI is InChI=1S/C17H19F2NO/c1-17(2,3)20-11-12-9-14(18)16(15(19)10-12)21-13-7-5-4-6-8-13/h4-10,20H,11H2,1-3H3. The lowest BCUT2D eigenvalue weighted by molar-refractivity contribution is 0.401. The summed E-state index contributed by atoms with van der Waals surface area (Å²) in [4.78, 5) is 0. The molecule has 2 rings (SSSR count). The normalized spacial score (nSPS) is 11.5. The van der Waals surface area contributed by atoms with Crippen LogP contribution in [0, 0.1) is 11.6 Å². The number of para-hydroxylation sites is 1. The lowest BCUT2D eigenvalue weighted by atomic mass is 10.1. The van der Waals surface area contributed by atoms with Gasteiger partial charge in [0, 0.05) is 12.1 Å². The van der Waals surface area contributed by atoms with Crippen LogP contribution in [0.25, 0.3) is 0 Å². The molecule has 2 aromatic rings. The Hall–Kier alpha value is -1.94. The molecule has 0 aromatic heterocycles. The Morgan fingerprint density at radius 2 is 1.57 bits per heavy atom. The number of halogens is 2. The van der Waals surface area contributed by atoms with Gasteiger partial charge < -0.3 is 10.1 Å². The van der Waals surface area contributed by atoms with Gasteiger partial charge in [0.05, 0.1) is 0 Å². The van der Waals surface area contributed by atoms with E-state index in [9.17, 15) is 8.78 Å². The largest absolute Gasteiger partial charge is 0.451 e. The maximum atomic E-state index is 14.0. The number of hydrogen-bond donors (Lipinski definition) is 1. The molecule has 4 heteroatoms. The summed E-state index contributed by atoms with van der Waals surface area (Å²) in [7, 11) is 0. The van der Waals surface area contributed by atoms with E-state index in [1.165, 1.54) is 12.1 Å². The van der Waals surface area contributed by atoms with Crippen molar-refractivity contribution >= 4 is 0 Å². The van der Waals surface area contributed by atoms with Crippen LogP contribution >= 0.6 is 0 Å². The van der Waals surface area contributed by atoms with Gasteiger partial charge in [0.1, 0.15) is 5.75 Å².